The van der Waals surface area contributed by atoms with Crippen LogP contribution in [0.4, 0.5) is 0 Å². The molecule has 0 unspecified atom stereocenters. The van der Waals surface area contributed by atoms with Gasteiger partial charge in [0, 0.05) is 19.3 Å². The SMILES string of the molecule is CCN(C)CCNC1=CC[C@@H](C)C=N1. The predicted molar refractivity (Wildman–Crippen MR) is 61.5 cm³/mol. The summed E-state index contributed by atoms with van der Waals surface area (Å²) in [6, 6.07) is 0. The van der Waals surface area contributed by atoms with Crippen molar-refractivity contribution < 1.29 is 0 Å². The van der Waals surface area contributed by atoms with Gasteiger partial charge in [-0.3, -0.25) is 0 Å². The summed E-state index contributed by atoms with van der Waals surface area (Å²) in [5, 5.41) is 3.33. The standard InChI is InChI=1S/C11H21N3/c1-4-14(3)8-7-12-11-6-5-10(2)9-13-11/h6,9-10,12H,4-5,7-8H2,1-3H3/t10-/m1/s1. The zero-order chi connectivity index (χ0) is 10.4. The average Bonchev–Trinajstić information content (AvgIpc) is 2.21. The average molecular weight is 195 g/mol. The van der Waals surface area contributed by atoms with Crippen LogP contribution in [-0.4, -0.2) is 37.8 Å². The van der Waals surface area contributed by atoms with Crippen molar-refractivity contribution in [2.24, 2.45) is 10.9 Å². The lowest BCUT2D eigenvalue weighted by atomic mass is 10.1. The van der Waals surface area contributed by atoms with Crippen LogP contribution in [-0.2, 0) is 0 Å². The summed E-state index contributed by atoms with van der Waals surface area (Å²) in [5.41, 5.74) is 0. The molecule has 0 aromatic heterocycles. The quantitative estimate of drug-likeness (QED) is 0.719. The fraction of sp³-hybridized carbons (Fsp3) is 0.727. The summed E-state index contributed by atoms with van der Waals surface area (Å²) in [7, 11) is 2.13. The van der Waals surface area contributed by atoms with Crippen LogP contribution in [0, 0.1) is 5.92 Å². The van der Waals surface area contributed by atoms with Crippen molar-refractivity contribution in [2.75, 3.05) is 26.7 Å². The molecule has 1 aliphatic rings. The van der Waals surface area contributed by atoms with E-state index in [4.69, 9.17) is 0 Å². The molecule has 0 saturated heterocycles. The monoisotopic (exact) mass is 195 g/mol. The lowest BCUT2D eigenvalue weighted by Crippen LogP contribution is -2.28. The van der Waals surface area contributed by atoms with Gasteiger partial charge in [0.05, 0.1) is 0 Å². The van der Waals surface area contributed by atoms with E-state index in [0.717, 1.165) is 31.9 Å². The molecular weight excluding hydrogens is 174 g/mol. The molecular formula is C11H21N3. The normalized spacial score (nSPS) is 21.1. The maximum atomic E-state index is 4.34. The third-order valence-electron chi connectivity index (χ3n) is 2.49. The maximum absolute atomic E-state index is 4.34. The highest BCUT2D eigenvalue weighted by atomic mass is 15.1. The maximum Gasteiger partial charge on any atom is 0.121 e. The molecule has 0 radical (unpaired) electrons. The third kappa shape index (κ3) is 3.92. The minimum absolute atomic E-state index is 0.596. The molecule has 0 fully saturated rings. The number of likely N-dealkylation sites (N-methyl/N-ethyl adjacent to an activating group) is 1. The number of rotatable bonds is 5. The van der Waals surface area contributed by atoms with Crippen molar-refractivity contribution in [1.29, 1.82) is 0 Å². The molecule has 80 valence electrons. The molecule has 0 saturated carbocycles. The van der Waals surface area contributed by atoms with E-state index in [2.05, 4.69) is 42.2 Å². The van der Waals surface area contributed by atoms with Gasteiger partial charge in [-0.1, -0.05) is 13.8 Å². The van der Waals surface area contributed by atoms with E-state index in [-0.39, 0.29) is 0 Å². The van der Waals surface area contributed by atoms with Gasteiger partial charge in [0.15, 0.2) is 0 Å². The van der Waals surface area contributed by atoms with Crippen molar-refractivity contribution in [3.8, 4) is 0 Å². The first-order valence-electron chi connectivity index (χ1n) is 5.39. The second kappa shape index (κ2) is 5.81. The summed E-state index contributed by atoms with van der Waals surface area (Å²) in [6.07, 6.45) is 5.30. The second-order valence-corrected chi connectivity index (χ2v) is 3.90. The topological polar surface area (TPSA) is 27.6 Å². The van der Waals surface area contributed by atoms with Gasteiger partial charge in [-0.15, -0.1) is 0 Å². The Morgan fingerprint density at radius 1 is 1.64 bits per heavy atom. The van der Waals surface area contributed by atoms with Crippen molar-refractivity contribution in [1.82, 2.24) is 10.2 Å². The van der Waals surface area contributed by atoms with E-state index in [0.29, 0.717) is 5.92 Å². The van der Waals surface area contributed by atoms with Crippen LogP contribution in [0.5, 0.6) is 0 Å². The molecule has 3 nitrogen and oxygen atoms in total. The van der Waals surface area contributed by atoms with Crippen LogP contribution in [0.25, 0.3) is 0 Å². The number of aliphatic imine (C=N–C) groups is 1. The Morgan fingerprint density at radius 2 is 2.43 bits per heavy atom. The first kappa shape index (κ1) is 11.2. The second-order valence-electron chi connectivity index (χ2n) is 3.90. The van der Waals surface area contributed by atoms with Gasteiger partial charge in [0.1, 0.15) is 5.82 Å². The Morgan fingerprint density at radius 3 is 3.00 bits per heavy atom. The van der Waals surface area contributed by atoms with E-state index in [1.165, 1.54) is 0 Å². The summed E-state index contributed by atoms with van der Waals surface area (Å²) >= 11 is 0. The Balaban J connectivity index is 2.17. The molecule has 0 amide bonds. The van der Waals surface area contributed by atoms with Crippen molar-refractivity contribution in [2.45, 2.75) is 20.3 Å². The molecule has 1 rings (SSSR count). The fourth-order valence-corrected chi connectivity index (χ4v) is 1.27. The summed E-state index contributed by atoms with van der Waals surface area (Å²) in [4.78, 5) is 6.62. The highest BCUT2D eigenvalue weighted by Gasteiger charge is 2.03. The lowest BCUT2D eigenvalue weighted by molar-refractivity contribution is 0.354. The van der Waals surface area contributed by atoms with Gasteiger partial charge in [-0.05, 0) is 32.0 Å². The zero-order valence-corrected chi connectivity index (χ0v) is 9.45. The van der Waals surface area contributed by atoms with Crippen LogP contribution in [0.15, 0.2) is 16.9 Å². The minimum atomic E-state index is 0.596. The minimum Gasteiger partial charge on any atom is -0.369 e. The van der Waals surface area contributed by atoms with Gasteiger partial charge in [0.25, 0.3) is 0 Å². The molecule has 1 N–H and O–H groups in total. The first-order chi connectivity index (χ1) is 6.72. The van der Waals surface area contributed by atoms with Gasteiger partial charge in [0.2, 0.25) is 0 Å². The number of hydrogen-bond donors (Lipinski definition) is 1. The number of hydrogen-bond acceptors (Lipinski definition) is 3. The summed E-state index contributed by atoms with van der Waals surface area (Å²) in [5.74, 6) is 1.63. The van der Waals surface area contributed by atoms with E-state index in [1.807, 2.05) is 6.21 Å². The molecule has 1 heterocycles. The molecule has 0 spiro atoms. The van der Waals surface area contributed by atoms with Gasteiger partial charge < -0.3 is 10.2 Å². The molecule has 14 heavy (non-hydrogen) atoms. The van der Waals surface area contributed by atoms with Crippen LogP contribution in [0.1, 0.15) is 20.3 Å². The smallest absolute Gasteiger partial charge is 0.121 e. The lowest BCUT2D eigenvalue weighted by Gasteiger charge is -2.16. The zero-order valence-electron chi connectivity index (χ0n) is 9.45. The number of nitrogens with one attached hydrogen (secondary N) is 1. The molecule has 0 aromatic rings. The molecule has 0 aromatic carbocycles. The van der Waals surface area contributed by atoms with Crippen molar-refractivity contribution in [3.05, 3.63) is 11.9 Å². The molecule has 1 atom stereocenters. The molecule has 0 bridgehead atoms. The summed E-state index contributed by atoms with van der Waals surface area (Å²) in [6.45, 7) is 7.49. The first-order valence-corrected chi connectivity index (χ1v) is 5.39. The van der Waals surface area contributed by atoms with Crippen molar-refractivity contribution in [3.63, 3.8) is 0 Å². The highest BCUT2D eigenvalue weighted by Crippen LogP contribution is 2.08. The predicted octanol–water partition coefficient (Wildman–Crippen LogP) is 1.48. The van der Waals surface area contributed by atoms with E-state index in [1.54, 1.807) is 0 Å². The van der Waals surface area contributed by atoms with E-state index >= 15 is 0 Å². The molecule has 0 aliphatic carbocycles. The largest absolute Gasteiger partial charge is 0.369 e. The van der Waals surface area contributed by atoms with Crippen LogP contribution in [0.2, 0.25) is 0 Å². The highest BCUT2D eigenvalue weighted by molar-refractivity contribution is 5.63. The Bertz CT molecular complexity index is 221. The van der Waals surface area contributed by atoms with Gasteiger partial charge in [-0.2, -0.15) is 0 Å². The van der Waals surface area contributed by atoms with Gasteiger partial charge in [-0.25, -0.2) is 4.99 Å². The van der Waals surface area contributed by atoms with E-state index < -0.39 is 0 Å². The van der Waals surface area contributed by atoms with Crippen molar-refractivity contribution >= 4 is 6.21 Å². The molecule has 1 aliphatic heterocycles. The number of nitrogens with zero attached hydrogens (tertiary/aromatic N) is 2. The fourth-order valence-electron chi connectivity index (χ4n) is 1.27. The Hall–Kier alpha value is -0.830. The van der Waals surface area contributed by atoms with Crippen LogP contribution in [0.3, 0.4) is 0 Å². The summed E-state index contributed by atoms with van der Waals surface area (Å²) < 4.78 is 0. The Kier molecular flexibility index (Phi) is 4.66. The van der Waals surface area contributed by atoms with Crippen LogP contribution >= 0.6 is 0 Å². The van der Waals surface area contributed by atoms with E-state index in [9.17, 15) is 0 Å². The third-order valence-corrected chi connectivity index (χ3v) is 2.49. The number of allylic oxidation sites excluding steroid dienone is 1. The van der Waals surface area contributed by atoms with Gasteiger partial charge >= 0.3 is 0 Å². The van der Waals surface area contributed by atoms with Crippen LogP contribution < -0.4 is 5.32 Å². The Labute approximate surface area is 86.9 Å². The molecule has 3 heteroatoms.